The van der Waals surface area contributed by atoms with E-state index in [1.165, 1.54) is 0 Å². The summed E-state index contributed by atoms with van der Waals surface area (Å²) in [6.45, 7) is 4.32. The van der Waals surface area contributed by atoms with Crippen LogP contribution >= 0.6 is 11.6 Å². The molecule has 5 heteroatoms. The maximum Gasteiger partial charge on any atom is 0.335 e. The molecule has 0 bridgehead atoms. The third-order valence-electron chi connectivity index (χ3n) is 2.81. The van der Waals surface area contributed by atoms with E-state index in [1.54, 1.807) is 23.0 Å². The van der Waals surface area contributed by atoms with Gasteiger partial charge < -0.3 is 5.11 Å². The Morgan fingerprint density at radius 3 is 2.67 bits per heavy atom. The van der Waals surface area contributed by atoms with E-state index in [-0.39, 0.29) is 0 Å². The Bertz CT molecular complexity index is 586. The van der Waals surface area contributed by atoms with Crippen molar-refractivity contribution in [1.82, 2.24) is 9.78 Å². The summed E-state index contributed by atoms with van der Waals surface area (Å²) in [6.07, 6.45) is 1.77. The Morgan fingerprint density at radius 2 is 2.17 bits per heavy atom. The summed E-state index contributed by atoms with van der Waals surface area (Å²) >= 11 is 5.94. The maximum absolute atomic E-state index is 10.8. The minimum absolute atomic E-state index is 0.297. The van der Waals surface area contributed by atoms with Gasteiger partial charge in [-0.15, -0.1) is 0 Å². The van der Waals surface area contributed by atoms with Crippen LogP contribution in [0.25, 0.3) is 0 Å². The van der Waals surface area contributed by atoms with Crippen LogP contribution in [0.3, 0.4) is 0 Å². The lowest BCUT2D eigenvalue weighted by molar-refractivity contribution is 0.0697. The summed E-state index contributed by atoms with van der Waals surface area (Å²) in [5.74, 6) is -0.914. The zero-order valence-electron chi connectivity index (χ0n) is 10.1. The van der Waals surface area contributed by atoms with Crippen LogP contribution in [0.5, 0.6) is 0 Å². The van der Waals surface area contributed by atoms with Crippen LogP contribution < -0.4 is 0 Å². The van der Waals surface area contributed by atoms with Gasteiger partial charge in [0.15, 0.2) is 0 Å². The smallest absolute Gasteiger partial charge is 0.335 e. The van der Waals surface area contributed by atoms with Crippen LogP contribution in [0.1, 0.15) is 27.2 Å². The summed E-state index contributed by atoms with van der Waals surface area (Å²) in [4.78, 5) is 10.8. The number of rotatable bonds is 3. The first kappa shape index (κ1) is 12.6. The first-order valence-electron chi connectivity index (χ1n) is 5.50. The van der Waals surface area contributed by atoms with Crippen LogP contribution in [0.2, 0.25) is 5.02 Å². The number of halogens is 1. The fraction of sp³-hybridized carbons (Fsp3) is 0.231. The maximum atomic E-state index is 10.8. The third-order valence-corrected chi connectivity index (χ3v) is 3.18. The molecule has 0 aliphatic heterocycles. The second-order valence-corrected chi connectivity index (χ2v) is 4.61. The molecule has 0 saturated carbocycles. The largest absolute Gasteiger partial charge is 0.478 e. The molecule has 2 aromatic rings. The minimum Gasteiger partial charge on any atom is -0.478 e. The average Bonchev–Trinajstić information content (AvgIpc) is 2.61. The van der Waals surface area contributed by atoms with Gasteiger partial charge in [0, 0.05) is 6.20 Å². The van der Waals surface area contributed by atoms with Crippen LogP contribution in [0.4, 0.5) is 0 Å². The first-order chi connectivity index (χ1) is 8.47. The van der Waals surface area contributed by atoms with Gasteiger partial charge in [0.05, 0.1) is 22.8 Å². The second-order valence-electron chi connectivity index (χ2n) is 4.21. The van der Waals surface area contributed by atoms with Gasteiger partial charge in [-0.25, -0.2) is 4.79 Å². The lowest BCUT2D eigenvalue weighted by Gasteiger charge is -2.07. The molecular weight excluding hydrogens is 252 g/mol. The fourth-order valence-corrected chi connectivity index (χ4v) is 1.91. The number of carboxylic acid groups (broad SMARTS) is 1. The molecule has 0 aliphatic carbocycles. The Hall–Kier alpha value is -1.81. The van der Waals surface area contributed by atoms with Crippen molar-refractivity contribution < 1.29 is 9.90 Å². The van der Waals surface area contributed by atoms with Crippen LogP contribution in [0, 0.1) is 13.8 Å². The standard InChI is InChI=1S/C13H13ClN2O2/c1-8-5-10(13(17)18)3-4-11(8)6-16-7-12(14)9(2)15-16/h3-5,7H,6H2,1-2H3,(H,17,18). The number of aryl methyl sites for hydroxylation is 2. The summed E-state index contributed by atoms with van der Waals surface area (Å²) in [5, 5.41) is 13.8. The molecule has 0 saturated heterocycles. The average molecular weight is 265 g/mol. The second kappa shape index (κ2) is 4.82. The summed E-state index contributed by atoms with van der Waals surface area (Å²) in [5.41, 5.74) is 3.04. The molecule has 1 aromatic heterocycles. The molecular formula is C13H13ClN2O2. The topological polar surface area (TPSA) is 55.1 Å². The van der Waals surface area contributed by atoms with Crippen molar-refractivity contribution >= 4 is 17.6 Å². The predicted octanol–water partition coefficient (Wildman–Crippen LogP) is 2.90. The number of carbonyl (C=O) groups is 1. The molecule has 0 radical (unpaired) electrons. The van der Waals surface area contributed by atoms with Gasteiger partial charge in [0.25, 0.3) is 0 Å². The third kappa shape index (κ3) is 2.54. The Balaban J connectivity index is 2.27. The summed E-state index contributed by atoms with van der Waals surface area (Å²) in [7, 11) is 0. The molecule has 1 aromatic carbocycles. The molecule has 0 atom stereocenters. The number of nitrogens with zero attached hydrogens (tertiary/aromatic N) is 2. The fourth-order valence-electron chi connectivity index (χ4n) is 1.76. The van der Waals surface area contributed by atoms with E-state index in [2.05, 4.69) is 5.10 Å². The van der Waals surface area contributed by atoms with Gasteiger partial charge in [-0.2, -0.15) is 5.10 Å². The summed E-state index contributed by atoms with van der Waals surface area (Å²) in [6, 6.07) is 5.07. The van der Waals surface area contributed by atoms with Crippen molar-refractivity contribution in [3.8, 4) is 0 Å². The predicted molar refractivity (Wildman–Crippen MR) is 69.2 cm³/mol. The molecule has 1 N–H and O–H groups in total. The number of hydrogen-bond donors (Lipinski definition) is 1. The van der Waals surface area contributed by atoms with E-state index in [0.29, 0.717) is 17.1 Å². The van der Waals surface area contributed by atoms with Gasteiger partial charge in [-0.1, -0.05) is 17.7 Å². The van der Waals surface area contributed by atoms with E-state index >= 15 is 0 Å². The number of aromatic nitrogens is 2. The van der Waals surface area contributed by atoms with Crippen molar-refractivity contribution in [2.24, 2.45) is 0 Å². The van der Waals surface area contributed by atoms with Crippen molar-refractivity contribution in [2.75, 3.05) is 0 Å². The Labute approximate surface area is 110 Å². The monoisotopic (exact) mass is 264 g/mol. The van der Waals surface area contributed by atoms with Gasteiger partial charge in [0.2, 0.25) is 0 Å². The normalized spacial score (nSPS) is 10.6. The van der Waals surface area contributed by atoms with E-state index in [1.807, 2.05) is 19.9 Å². The molecule has 0 unspecified atom stereocenters. The van der Waals surface area contributed by atoms with Gasteiger partial charge in [-0.05, 0) is 37.1 Å². The number of hydrogen-bond acceptors (Lipinski definition) is 2. The van der Waals surface area contributed by atoms with Gasteiger partial charge >= 0.3 is 5.97 Å². The number of aromatic carboxylic acids is 1. The Morgan fingerprint density at radius 1 is 1.44 bits per heavy atom. The van der Waals surface area contributed by atoms with E-state index in [4.69, 9.17) is 16.7 Å². The molecule has 0 aliphatic rings. The lowest BCUT2D eigenvalue weighted by atomic mass is 10.1. The number of carboxylic acids is 1. The first-order valence-corrected chi connectivity index (χ1v) is 5.87. The van der Waals surface area contributed by atoms with Crippen molar-refractivity contribution in [1.29, 1.82) is 0 Å². The molecule has 0 spiro atoms. The highest BCUT2D eigenvalue weighted by Crippen LogP contribution is 2.16. The minimum atomic E-state index is -0.914. The SMILES string of the molecule is Cc1cc(C(=O)O)ccc1Cn1cc(Cl)c(C)n1. The molecule has 0 fully saturated rings. The van der Waals surface area contributed by atoms with Crippen molar-refractivity contribution in [3.63, 3.8) is 0 Å². The van der Waals surface area contributed by atoms with E-state index in [9.17, 15) is 4.79 Å². The van der Waals surface area contributed by atoms with Crippen molar-refractivity contribution in [2.45, 2.75) is 20.4 Å². The zero-order chi connectivity index (χ0) is 13.3. The lowest BCUT2D eigenvalue weighted by Crippen LogP contribution is -2.04. The quantitative estimate of drug-likeness (QED) is 0.927. The van der Waals surface area contributed by atoms with Gasteiger partial charge in [0.1, 0.15) is 0 Å². The zero-order valence-corrected chi connectivity index (χ0v) is 10.9. The highest BCUT2D eigenvalue weighted by molar-refractivity contribution is 6.31. The Kier molecular flexibility index (Phi) is 3.39. The summed E-state index contributed by atoms with van der Waals surface area (Å²) < 4.78 is 1.75. The van der Waals surface area contributed by atoms with Crippen LogP contribution in [0.15, 0.2) is 24.4 Å². The van der Waals surface area contributed by atoms with Crippen LogP contribution in [-0.4, -0.2) is 20.9 Å². The molecule has 94 valence electrons. The highest BCUT2D eigenvalue weighted by atomic mass is 35.5. The van der Waals surface area contributed by atoms with E-state index in [0.717, 1.165) is 16.8 Å². The molecule has 2 rings (SSSR count). The van der Waals surface area contributed by atoms with Gasteiger partial charge in [-0.3, -0.25) is 4.68 Å². The molecule has 18 heavy (non-hydrogen) atoms. The molecule has 4 nitrogen and oxygen atoms in total. The molecule has 1 heterocycles. The van der Waals surface area contributed by atoms with E-state index < -0.39 is 5.97 Å². The number of benzene rings is 1. The van der Waals surface area contributed by atoms with Crippen LogP contribution in [-0.2, 0) is 6.54 Å². The highest BCUT2D eigenvalue weighted by Gasteiger charge is 2.07. The van der Waals surface area contributed by atoms with Crippen molar-refractivity contribution in [3.05, 3.63) is 51.8 Å². The molecule has 0 amide bonds.